The average molecular weight is 344 g/mol. The molecule has 4 aromatic heterocycles. The van der Waals surface area contributed by atoms with Crippen molar-refractivity contribution in [3.8, 4) is 11.1 Å². The summed E-state index contributed by atoms with van der Waals surface area (Å²) >= 11 is 0. The summed E-state index contributed by atoms with van der Waals surface area (Å²) in [5.74, 6) is 0.198. The highest BCUT2D eigenvalue weighted by Gasteiger charge is 2.16. The van der Waals surface area contributed by atoms with Crippen molar-refractivity contribution in [3.63, 3.8) is 0 Å². The van der Waals surface area contributed by atoms with Crippen molar-refractivity contribution in [2.75, 3.05) is 5.32 Å². The van der Waals surface area contributed by atoms with E-state index in [4.69, 9.17) is 0 Å². The van der Waals surface area contributed by atoms with Gasteiger partial charge < -0.3 is 5.32 Å². The Bertz CT molecular complexity index is 1100. The van der Waals surface area contributed by atoms with Gasteiger partial charge >= 0.3 is 0 Å². The topological polar surface area (TPSA) is 85.1 Å². The van der Waals surface area contributed by atoms with Crippen molar-refractivity contribution in [1.82, 2.24) is 24.6 Å². The largest absolute Gasteiger partial charge is 0.306 e. The molecular formula is C19H16N6O. The normalized spacial score (nSPS) is 10.8. The second kappa shape index (κ2) is 6.36. The summed E-state index contributed by atoms with van der Waals surface area (Å²) < 4.78 is 1.74. The van der Waals surface area contributed by atoms with E-state index in [2.05, 4.69) is 25.5 Å². The highest BCUT2D eigenvalue weighted by atomic mass is 16.1. The van der Waals surface area contributed by atoms with Crippen LogP contribution in [0.4, 0.5) is 5.82 Å². The fourth-order valence-electron chi connectivity index (χ4n) is 2.74. The van der Waals surface area contributed by atoms with Crippen LogP contribution in [0, 0.1) is 13.8 Å². The number of aryl methyl sites for hydroxylation is 2. The monoisotopic (exact) mass is 344 g/mol. The first-order valence-electron chi connectivity index (χ1n) is 8.10. The molecule has 7 heteroatoms. The first kappa shape index (κ1) is 15.9. The van der Waals surface area contributed by atoms with E-state index in [1.807, 2.05) is 32.2 Å². The van der Waals surface area contributed by atoms with Gasteiger partial charge in [0.25, 0.3) is 5.91 Å². The summed E-state index contributed by atoms with van der Waals surface area (Å²) in [6.07, 6.45) is 8.69. The molecule has 26 heavy (non-hydrogen) atoms. The van der Waals surface area contributed by atoms with Gasteiger partial charge in [0.05, 0.1) is 5.56 Å². The lowest BCUT2D eigenvalue weighted by atomic mass is 10.0. The number of hydrogen-bond donors (Lipinski definition) is 1. The first-order valence-corrected chi connectivity index (χ1v) is 8.10. The predicted octanol–water partition coefficient (Wildman–Crippen LogP) is 3.06. The Morgan fingerprint density at radius 3 is 2.81 bits per heavy atom. The Balaban J connectivity index is 1.78. The van der Waals surface area contributed by atoms with Gasteiger partial charge in [-0.1, -0.05) is 6.07 Å². The average Bonchev–Trinajstić information content (AvgIpc) is 3.11. The Hall–Kier alpha value is -3.61. The Morgan fingerprint density at radius 2 is 2.04 bits per heavy atom. The van der Waals surface area contributed by atoms with Gasteiger partial charge in [-0.15, -0.1) is 10.2 Å². The van der Waals surface area contributed by atoms with Crippen LogP contribution in [-0.2, 0) is 0 Å². The molecule has 1 amide bonds. The van der Waals surface area contributed by atoms with E-state index in [0.29, 0.717) is 17.0 Å². The van der Waals surface area contributed by atoms with Crippen molar-refractivity contribution in [3.05, 3.63) is 72.1 Å². The number of nitrogens with one attached hydrogen (secondary N) is 1. The molecule has 0 aliphatic carbocycles. The molecule has 0 atom stereocenters. The van der Waals surface area contributed by atoms with Gasteiger partial charge in [0, 0.05) is 35.9 Å². The number of pyridine rings is 3. The summed E-state index contributed by atoms with van der Waals surface area (Å²) in [6.45, 7) is 3.95. The van der Waals surface area contributed by atoms with Gasteiger partial charge in [0.1, 0.15) is 12.1 Å². The maximum Gasteiger partial charge on any atom is 0.260 e. The van der Waals surface area contributed by atoms with Crippen molar-refractivity contribution >= 4 is 17.4 Å². The molecule has 7 nitrogen and oxygen atoms in total. The molecule has 0 fully saturated rings. The highest BCUT2D eigenvalue weighted by Crippen LogP contribution is 2.25. The van der Waals surface area contributed by atoms with Crippen molar-refractivity contribution < 1.29 is 4.79 Å². The summed E-state index contributed by atoms with van der Waals surface area (Å²) in [7, 11) is 0. The third kappa shape index (κ3) is 2.90. The van der Waals surface area contributed by atoms with Crippen LogP contribution in [0.15, 0.2) is 55.4 Å². The molecule has 1 N–H and O–H groups in total. The Morgan fingerprint density at radius 1 is 1.15 bits per heavy atom. The number of hydrogen-bond acceptors (Lipinski definition) is 5. The minimum atomic E-state index is -0.289. The first-order chi connectivity index (χ1) is 12.6. The number of amides is 1. The second-order valence-electron chi connectivity index (χ2n) is 6.07. The minimum absolute atomic E-state index is 0.289. The summed E-state index contributed by atoms with van der Waals surface area (Å²) in [4.78, 5) is 21.2. The number of carbonyl (C=O) groups is 1. The van der Waals surface area contributed by atoms with Crippen LogP contribution >= 0.6 is 0 Å². The van der Waals surface area contributed by atoms with Crippen LogP contribution in [0.2, 0.25) is 0 Å². The van der Waals surface area contributed by atoms with Crippen LogP contribution in [-0.4, -0.2) is 30.5 Å². The highest BCUT2D eigenvalue weighted by molar-refractivity contribution is 6.08. The molecule has 0 bridgehead atoms. The zero-order valence-corrected chi connectivity index (χ0v) is 14.3. The van der Waals surface area contributed by atoms with Crippen LogP contribution < -0.4 is 5.32 Å². The fraction of sp³-hybridized carbons (Fsp3) is 0.105. The molecule has 128 valence electrons. The molecule has 0 aliphatic heterocycles. The van der Waals surface area contributed by atoms with Gasteiger partial charge in [-0.2, -0.15) is 0 Å². The van der Waals surface area contributed by atoms with Crippen LogP contribution in [0.25, 0.3) is 16.8 Å². The van der Waals surface area contributed by atoms with Crippen molar-refractivity contribution in [1.29, 1.82) is 0 Å². The molecular weight excluding hydrogens is 328 g/mol. The van der Waals surface area contributed by atoms with E-state index < -0.39 is 0 Å². The molecule has 4 rings (SSSR count). The lowest BCUT2D eigenvalue weighted by Crippen LogP contribution is -2.14. The molecule has 0 saturated heterocycles. The number of nitrogens with zero attached hydrogens (tertiary/aromatic N) is 5. The Kier molecular flexibility index (Phi) is 3.89. The van der Waals surface area contributed by atoms with E-state index in [1.165, 1.54) is 0 Å². The van der Waals surface area contributed by atoms with Gasteiger partial charge in [0.2, 0.25) is 0 Å². The van der Waals surface area contributed by atoms with E-state index in [-0.39, 0.29) is 5.91 Å². The van der Waals surface area contributed by atoms with Crippen molar-refractivity contribution in [2.45, 2.75) is 13.8 Å². The lowest BCUT2D eigenvalue weighted by Gasteiger charge is -2.10. The van der Waals surface area contributed by atoms with Gasteiger partial charge in [-0.3, -0.25) is 14.2 Å². The maximum atomic E-state index is 12.8. The van der Waals surface area contributed by atoms with Crippen LogP contribution in [0.3, 0.4) is 0 Å². The third-order valence-electron chi connectivity index (χ3n) is 4.14. The second-order valence-corrected chi connectivity index (χ2v) is 6.07. The third-order valence-corrected chi connectivity index (χ3v) is 4.14. The van der Waals surface area contributed by atoms with E-state index >= 15 is 0 Å². The van der Waals surface area contributed by atoms with Crippen LogP contribution in [0.1, 0.15) is 21.5 Å². The number of fused-ring (bicyclic) bond motifs is 1. The summed E-state index contributed by atoms with van der Waals surface area (Å²) in [6, 6.07) is 7.40. The van der Waals surface area contributed by atoms with Gasteiger partial charge in [0.15, 0.2) is 5.65 Å². The molecule has 0 aromatic carbocycles. The zero-order valence-electron chi connectivity index (χ0n) is 14.3. The van der Waals surface area contributed by atoms with E-state index in [0.717, 1.165) is 22.3 Å². The van der Waals surface area contributed by atoms with Crippen molar-refractivity contribution in [2.24, 2.45) is 0 Å². The SMILES string of the molecule is Cc1ccc(NC(=O)c2cc(-c3cnccc3C)cn3cnnc23)nc1. The van der Waals surface area contributed by atoms with Crippen LogP contribution in [0.5, 0.6) is 0 Å². The quantitative estimate of drug-likeness (QED) is 0.617. The molecule has 4 aromatic rings. The smallest absolute Gasteiger partial charge is 0.260 e. The molecule has 4 heterocycles. The lowest BCUT2D eigenvalue weighted by molar-refractivity contribution is 0.102. The maximum absolute atomic E-state index is 12.8. The number of anilines is 1. The Labute approximate surface area is 149 Å². The number of aromatic nitrogens is 5. The molecule has 0 spiro atoms. The van der Waals surface area contributed by atoms with E-state index in [1.54, 1.807) is 41.5 Å². The molecule has 0 radical (unpaired) electrons. The minimum Gasteiger partial charge on any atom is -0.306 e. The summed E-state index contributed by atoms with van der Waals surface area (Å²) in [5, 5.41) is 10.8. The number of rotatable bonds is 3. The van der Waals surface area contributed by atoms with Gasteiger partial charge in [-0.25, -0.2) is 4.98 Å². The van der Waals surface area contributed by atoms with E-state index in [9.17, 15) is 4.79 Å². The molecule has 0 unspecified atom stereocenters. The summed E-state index contributed by atoms with van der Waals surface area (Å²) in [5.41, 5.74) is 4.82. The molecule has 0 aliphatic rings. The molecule has 0 saturated carbocycles. The predicted molar refractivity (Wildman–Crippen MR) is 97.9 cm³/mol. The standard InChI is InChI=1S/C19H16N6O/c1-12-3-4-17(21-8-12)23-19(26)15-7-14(10-25-11-22-24-18(15)25)16-9-20-6-5-13(16)2/h3-11H,1-2H3,(H,21,23,26). The zero-order chi connectivity index (χ0) is 18.1. The van der Waals surface area contributed by atoms with Gasteiger partial charge in [-0.05, 0) is 43.2 Å². The number of carbonyl (C=O) groups excluding carboxylic acids is 1. The fourth-order valence-corrected chi connectivity index (χ4v) is 2.74.